The molecule has 0 bridgehead atoms. The molecule has 1 heterocycles. The summed E-state index contributed by atoms with van der Waals surface area (Å²) in [5, 5.41) is 9.33. The second-order valence-electron chi connectivity index (χ2n) is 5.16. The number of nitrogens with zero attached hydrogens (tertiary/aromatic N) is 2. The average molecular weight is 344 g/mol. The number of benzene rings is 2. The fourth-order valence-corrected chi connectivity index (χ4v) is 3.43. The molecule has 0 fully saturated rings. The predicted molar refractivity (Wildman–Crippen MR) is 88.5 cm³/mol. The van der Waals surface area contributed by atoms with E-state index in [0.29, 0.717) is 5.52 Å². The monoisotopic (exact) mass is 344 g/mol. The molecule has 0 spiro atoms. The number of carbonyl (C=O) groups excluding carboxylic acids is 1. The normalized spacial score (nSPS) is 13.2. The summed E-state index contributed by atoms with van der Waals surface area (Å²) < 4.78 is 15.6. The van der Waals surface area contributed by atoms with Gasteiger partial charge in [-0.1, -0.05) is 29.5 Å². The van der Waals surface area contributed by atoms with Crippen LogP contribution in [-0.2, 0) is 4.79 Å². The van der Waals surface area contributed by atoms with E-state index in [1.807, 2.05) is 12.1 Å². The first-order chi connectivity index (χ1) is 11.5. The molecule has 3 aromatic rings. The Balaban J connectivity index is 2.19. The lowest BCUT2D eigenvalue weighted by Crippen LogP contribution is -2.25. The number of rotatable bonds is 3. The molecule has 0 radical (unpaired) electrons. The topological polar surface area (TPSA) is 71.7 Å². The van der Waals surface area contributed by atoms with Gasteiger partial charge in [-0.25, -0.2) is 9.18 Å². The number of amides is 1. The molecule has 5 nitrogen and oxygen atoms in total. The highest BCUT2D eigenvalue weighted by Gasteiger charge is 2.19. The Morgan fingerprint density at radius 2 is 1.96 bits per heavy atom. The van der Waals surface area contributed by atoms with E-state index in [2.05, 4.69) is 4.99 Å². The van der Waals surface area contributed by atoms with Crippen LogP contribution in [0, 0.1) is 5.82 Å². The summed E-state index contributed by atoms with van der Waals surface area (Å²) in [4.78, 5) is 28.0. The maximum absolute atomic E-state index is 13.3. The van der Waals surface area contributed by atoms with E-state index in [1.54, 1.807) is 12.1 Å². The Morgan fingerprint density at radius 1 is 1.21 bits per heavy atom. The molecule has 3 rings (SSSR count). The van der Waals surface area contributed by atoms with Gasteiger partial charge in [-0.2, -0.15) is 4.99 Å². The van der Waals surface area contributed by atoms with Crippen molar-refractivity contribution in [3.63, 3.8) is 0 Å². The first kappa shape index (κ1) is 16.1. The van der Waals surface area contributed by atoms with Crippen LogP contribution in [-0.4, -0.2) is 21.6 Å². The SMILES string of the molecule is CC(C(=O)O)n1/c(=N/C(=O)c2cccc(F)c2)sc2ccccc21. The molecule has 0 saturated heterocycles. The first-order valence-electron chi connectivity index (χ1n) is 7.15. The van der Waals surface area contributed by atoms with Gasteiger partial charge in [0.15, 0.2) is 4.80 Å². The molecule has 0 aliphatic heterocycles. The molecule has 0 aliphatic carbocycles. The number of hydrogen-bond acceptors (Lipinski definition) is 3. The standard InChI is InChI=1S/C17H13FN2O3S/c1-10(16(22)23)20-13-7-2-3-8-14(13)24-17(20)19-15(21)11-5-4-6-12(18)9-11/h2-10H,1H3,(H,22,23)/b19-17-. The quantitative estimate of drug-likeness (QED) is 0.793. The molecule has 1 aromatic heterocycles. The van der Waals surface area contributed by atoms with Gasteiger partial charge in [0.05, 0.1) is 10.2 Å². The summed E-state index contributed by atoms with van der Waals surface area (Å²) in [6, 6.07) is 11.6. The van der Waals surface area contributed by atoms with Crippen molar-refractivity contribution < 1.29 is 19.1 Å². The number of aliphatic carboxylic acids is 1. The van der Waals surface area contributed by atoms with Crippen LogP contribution >= 0.6 is 11.3 Å². The van der Waals surface area contributed by atoms with Gasteiger partial charge in [-0.05, 0) is 37.3 Å². The molecular formula is C17H13FN2O3S. The number of aromatic nitrogens is 1. The number of halogens is 1. The Labute approximate surface area is 140 Å². The van der Waals surface area contributed by atoms with Crippen molar-refractivity contribution in [2.45, 2.75) is 13.0 Å². The Morgan fingerprint density at radius 3 is 2.67 bits per heavy atom. The third-order valence-electron chi connectivity index (χ3n) is 3.55. The molecule has 2 aromatic carbocycles. The van der Waals surface area contributed by atoms with Crippen molar-refractivity contribution in [1.82, 2.24) is 4.57 Å². The van der Waals surface area contributed by atoms with E-state index >= 15 is 0 Å². The molecule has 1 amide bonds. The first-order valence-corrected chi connectivity index (χ1v) is 7.96. The van der Waals surface area contributed by atoms with Crippen LogP contribution in [0.5, 0.6) is 0 Å². The molecule has 7 heteroatoms. The molecule has 1 atom stereocenters. The Kier molecular flexibility index (Phi) is 4.26. The zero-order valence-corrected chi connectivity index (χ0v) is 13.5. The van der Waals surface area contributed by atoms with Gasteiger partial charge in [-0.15, -0.1) is 0 Å². The van der Waals surface area contributed by atoms with Gasteiger partial charge in [0.25, 0.3) is 5.91 Å². The molecule has 1 N–H and O–H groups in total. The number of thiazole rings is 1. The lowest BCUT2D eigenvalue weighted by molar-refractivity contribution is -0.140. The molecule has 24 heavy (non-hydrogen) atoms. The van der Waals surface area contributed by atoms with Crippen molar-refractivity contribution in [2.75, 3.05) is 0 Å². The molecule has 0 aliphatic rings. The lowest BCUT2D eigenvalue weighted by Gasteiger charge is -2.09. The summed E-state index contributed by atoms with van der Waals surface area (Å²) in [6.07, 6.45) is 0. The fourth-order valence-electron chi connectivity index (χ4n) is 2.33. The number of carbonyl (C=O) groups is 2. The van der Waals surface area contributed by atoms with Crippen LogP contribution < -0.4 is 4.80 Å². The van der Waals surface area contributed by atoms with Crippen LogP contribution in [0.2, 0.25) is 0 Å². The Hall–Kier alpha value is -2.80. The number of carboxylic acids is 1. The molecule has 1 unspecified atom stereocenters. The maximum atomic E-state index is 13.3. The van der Waals surface area contributed by atoms with Crippen LogP contribution in [0.3, 0.4) is 0 Å². The predicted octanol–water partition coefficient (Wildman–Crippen LogP) is 3.23. The second kappa shape index (κ2) is 6.37. The zero-order chi connectivity index (χ0) is 17.3. The minimum Gasteiger partial charge on any atom is -0.480 e. The Bertz CT molecular complexity index is 1010. The van der Waals surface area contributed by atoms with E-state index < -0.39 is 23.7 Å². The minimum atomic E-state index is -1.03. The van der Waals surface area contributed by atoms with Crippen molar-refractivity contribution in [1.29, 1.82) is 0 Å². The highest BCUT2D eigenvalue weighted by molar-refractivity contribution is 7.16. The summed E-state index contributed by atoms with van der Waals surface area (Å²) >= 11 is 1.22. The van der Waals surface area contributed by atoms with E-state index in [0.717, 1.165) is 10.8 Å². The van der Waals surface area contributed by atoms with Gasteiger partial charge >= 0.3 is 5.97 Å². The third-order valence-corrected chi connectivity index (χ3v) is 4.58. The lowest BCUT2D eigenvalue weighted by atomic mass is 10.2. The van der Waals surface area contributed by atoms with E-state index in [9.17, 15) is 19.1 Å². The number of carboxylic acid groups (broad SMARTS) is 1. The third kappa shape index (κ3) is 2.98. The smallest absolute Gasteiger partial charge is 0.326 e. The van der Waals surface area contributed by atoms with Gasteiger partial charge in [0.1, 0.15) is 11.9 Å². The van der Waals surface area contributed by atoms with Crippen molar-refractivity contribution in [3.8, 4) is 0 Å². The second-order valence-corrected chi connectivity index (χ2v) is 6.17. The summed E-state index contributed by atoms with van der Waals surface area (Å²) in [7, 11) is 0. The van der Waals surface area contributed by atoms with Gasteiger partial charge < -0.3 is 9.67 Å². The van der Waals surface area contributed by atoms with Crippen LogP contribution in [0.1, 0.15) is 23.3 Å². The zero-order valence-electron chi connectivity index (χ0n) is 12.6. The highest BCUT2D eigenvalue weighted by atomic mass is 32.1. The van der Waals surface area contributed by atoms with E-state index in [-0.39, 0.29) is 10.4 Å². The van der Waals surface area contributed by atoms with Crippen molar-refractivity contribution >= 4 is 33.4 Å². The molecule has 122 valence electrons. The summed E-state index contributed by atoms with van der Waals surface area (Å²) in [6.45, 7) is 1.52. The number of hydrogen-bond donors (Lipinski definition) is 1. The largest absolute Gasteiger partial charge is 0.480 e. The summed E-state index contributed by atoms with van der Waals surface area (Å²) in [5.74, 6) is -2.18. The van der Waals surface area contributed by atoms with E-state index in [4.69, 9.17) is 0 Å². The van der Waals surface area contributed by atoms with Gasteiger partial charge in [0, 0.05) is 5.56 Å². The number of para-hydroxylation sites is 1. The number of fused-ring (bicyclic) bond motifs is 1. The molecular weight excluding hydrogens is 331 g/mol. The summed E-state index contributed by atoms with van der Waals surface area (Å²) in [5.41, 5.74) is 0.796. The van der Waals surface area contributed by atoms with Gasteiger partial charge in [-0.3, -0.25) is 4.79 Å². The molecule has 0 saturated carbocycles. The van der Waals surface area contributed by atoms with E-state index in [1.165, 1.54) is 41.0 Å². The van der Waals surface area contributed by atoms with Crippen LogP contribution in [0.25, 0.3) is 10.2 Å². The highest BCUT2D eigenvalue weighted by Crippen LogP contribution is 2.20. The minimum absolute atomic E-state index is 0.113. The maximum Gasteiger partial charge on any atom is 0.326 e. The van der Waals surface area contributed by atoms with Crippen molar-refractivity contribution in [3.05, 3.63) is 64.7 Å². The van der Waals surface area contributed by atoms with Crippen LogP contribution in [0.15, 0.2) is 53.5 Å². The average Bonchev–Trinajstić information content (AvgIpc) is 2.91. The van der Waals surface area contributed by atoms with Crippen molar-refractivity contribution in [2.24, 2.45) is 4.99 Å². The van der Waals surface area contributed by atoms with Gasteiger partial charge in [0.2, 0.25) is 0 Å². The van der Waals surface area contributed by atoms with Crippen LogP contribution in [0.4, 0.5) is 4.39 Å². The fraction of sp³-hybridized carbons (Fsp3) is 0.118.